The van der Waals surface area contributed by atoms with E-state index in [0.29, 0.717) is 11.5 Å². The Labute approximate surface area is 163 Å². The van der Waals surface area contributed by atoms with Gasteiger partial charge in [-0.15, -0.1) is 0 Å². The second-order valence-electron chi connectivity index (χ2n) is 5.68. The molecule has 142 valence electrons. The molecule has 0 spiro atoms. The second kappa shape index (κ2) is 10.1. The zero-order chi connectivity index (χ0) is 19.6. The summed E-state index contributed by atoms with van der Waals surface area (Å²) in [5.74, 6) is 0.572. The number of methoxy groups -OCH3 is 1. The number of rotatable bonds is 6. The van der Waals surface area contributed by atoms with Crippen LogP contribution in [0.2, 0.25) is 0 Å². The summed E-state index contributed by atoms with van der Waals surface area (Å²) in [7, 11) is 1.58. The first-order chi connectivity index (χ1) is 13.0. The van der Waals surface area contributed by atoms with Gasteiger partial charge in [0.05, 0.1) is 13.5 Å². The van der Waals surface area contributed by atoms with Gasteiger partial charge in [0.2, 0.25) is 5.91 Å². The molecule has 0 aliphatic heterocycles. The molecular formula is C19H21N3O4S. The maximum absolute atomic E-state index is 12.0. The number of amides is 2. The van der Waals surface area contributed by atoms with Gasteiger partial charge in [0.1, 0.15) is 11.5 Å². The minimum absolute atomic E-state index is 0.00259. The Bertz CT molecular complexity index is 792. The molecule has 0 saturated carbocycles. The Balaban J connectivity index is 1.67. The van der Waals surface area contributed by atoms with E-state index in [1.54, 1.807) is 43.5 Å². The number of nitrogens with one attached hydrogen (secondary N) is 3. The van der Waals surface area contributed by atoms with Gasteiger partial charge in [-0.05, 0) is 49.0 Å². The van der Waals surface area contributed by atoms with Crippen molar-refractivity contribution in [3.8, 4) is 11.5 Å². The number of hydrazine groups is 1. The van der Waals surface area contributed by atoms with E-state index in [1.165, 1.54) is 0 Å². The minimum Gasteiger partial charge on any atom is -0.497 e. The Morgan fingerprint density at radius 3 is 2.19 bits per heavy atom. The summed E-state index contributed by atoms with van der Waals surface area (Å²) in [4.78, 5) is 23.7. The highest BCUT2D eigenvalue weighted by molar-refractivity contribution is 7.80. The first-order valence-corrected chi connectivity index (χ1v) is 8.58. The average Bonchev–Trinajstić information content (AvgIpc) is 2.66. The van der Waals surface area contributed by atoms with Crippen LogP contribution in [0, 0.1) is 6.92 Å². The summed E-state index contributed by atoms with van der Waals surface area (Å²) in [6.45, 7) is 1.78. The first-order valence-electron chi connectivity index (χ1n) is 8.17. The molecule has 2 amide bonds. The maximum atomic E-state index is 12.0. The molecule has 0 radical (unpaired) electrons. The van der Waals surface area contributed by atoms with Crippen molar-refractivity contribution in [1.82, 2.24) is 16.2 Å². The van der Waals surface area contributed by atoms with E-state index in [0.717, 1.165) is 11.1 Å². The van der Waals surface area contributed by atoms with Crippen molar-refractivity contribution < 1.29 is 19.1 Å². The monoisotopic (exact) mass is 387 g/mol. The lowest BCUT2D eigenvalue weighted by Gasteiger charge is -2.11. The van der Waals surface area contributed by atoms with Crippen LogP contribution in [0.15, 0.2) is 48.5 Å². The van der Waals surface area contributed by atoms with Crippen molar-refractivity contribution in [2.45, 2.75) is 13.3 Å². The van der Waals surface area contributed by atoms with E-state index in [1.807, 2.05) is 19.1 Å². The molecule has 0 bridgehead atoms. The van der Waals surface area contributed by atoms with Crippen LogP contribution in [0.25, 0.3) is 0 Å². The van der Waals surface area contributed by atoms with Crippen LogP contribution in [-0.2, 0) is 16.0 Å². The smallest absolute Gasteiger partial charge is 0.276 e. The molecular weight excluding hydrogens is 366 g/mol. The first kappa shape index (κ1) is 20.2. The maximum Gasteiger partial charge on any atom is 0.276 e. The number of hydrogen-bond acceptors (Lipinski definition) is 5. The van der Waals surface area contributed by atoms with Gasteiger partial charge < -0.3 is 14.8 Å². The summed E-state index contributed by atoms with van der Waals surface area (Å²) >= 11 is 4.98. The van der Waals surface area contributed by atoms with E-state index in [-0.39, 0.29) is 24.0 Å². The quantitative estimate of drug-likeness (QED) is 0.516. The standard InChI is InChI=1S/C19H21N3O4S/c1-13-3-7-16(8-4-13)26-12-18(24)21-22-19(27)20-17(23)11-14-5-9-15(25-2)10-6-14/h3-10H,11-12H2,1-2H3,(H,21,24)(H2,20,22,23,27). The predicted molar refractivity (Wildman–Crippen MR) is 105 cm³/mol. The Hall–Kier alpha value is -3.13. The van der Waals surface area contributed by atoms with Crippen molar-refractivity contribution in [3.05, 3.63) is 59.7 Å². The molecule has 8 heteroatoms. The highest BCUT2D eigenvalue weighted by Crippen LogP contribution is 2.12. The normalized spacial score (nSPS) is 9.85. The van der Waals surface area contributed by atoms with Crippen molar-refractivity contribution in [2.75, 3.05) is 13.7 Å². The third-order valence-corrected chi connectivity index (χ3v) is 3.69. The summed E-state index contributed by atoms with van der Waals surface area (Å²) in [6, 6.07) is 14.5. The number of benzene rings is 2. The van der Waals surface area contributed by atoms with Crippen molar-refractivity contribution >= 4 is 29.1 Å². The zero-order valence-electron chi connectivity index (χ0n) is 15.1. The molecule has 27 heavy (non-hydrogen) atoms. The summed E-state index contributed by atoms with van der Waals surface area (Å²) in [5, 5.41) is 2.48. The van der Waals surface area contributed by atoms with Gasteiger partial charge in [-0.3, -0.25) is 20.4 Å². The highest BCUT2D eigenvalue weighted by Gasteiger charge is 2.08. The molecule has 0 fully saturated rings. The lowest BCUT2D eigenvalue weighted by molar-refractivity contribution is -0.124. The van der Waals surface area contributed by atoms with Crippen LogP contribution in [0.3, 0.4) is 0 Å². The van der Waals surface area contributed by atoms with E-state index >= 15 is 0 Å². The number of hydrogen-bond donors (Lipinski definition) is 3. The van der Waals surface area contributed by atoms with E-state index in [2.05, 4.69) is 16.2 Å². The van der Waals surface area contributed by atoms with Crippen LogP contribution in [0.1, 0.15) is 11.1 Å². The molecule has 2 aromatic carbocycles. The summed E-state index contributed by atoms with van der Waals surface area (Å²) in [5.41, 5.74) is 6.74. The average molecular weight is 387 g/mol. The molecule has 0 atom stereocenters. The van der Waals surface area contributed by atoms with Gasteiger partial charge in [0.25, 0.3) is 5.91 Å². The number of carbonyl (C=O) groups is 2. The van der Waals surface area contributed by atoms with Gasteiger partial charge in [-0.25, -0.2) is 0 Å². The molecule has 0 unspecified atom stereocenters. The molecule has 0 heterocycles. The fourth-order valence-corrected chi connectivity index (χ4v) is 2.24. The number of thiocarbonyl (C=S) groups is 1. The van der Waals surface area contributed by atoms with Crippen molar-refractivity contribution in [2.24, 2.45) is 0 Å². The lowest BCUT2D eigenvalue weighted by atomic mass is 10.1. The van der Waals surface area contributed by atoms with E-state index in [9.17, 15) is 9.59 Å². The van der Waals surface area contributed by atoms with Crippen LogP contribution < -0.4 is 25.6 Å². The third-order valence-electron chi connectivity index (χ3n) is 3.48. The molecule has 3 N–H and O–H groups in total. The Morgan fingerprint density at radius 2 is 1.56 bits per heavy atom. The predicted octanol–water partition coefficient (Wildman–Crippen LogP) is 1.65. The van der Waals surface area contributed by atoms with Gasteiger partial charge in [-0.1, -0.05) is 29.8 Å². The molecule has 0 aliphatic carbocycles. The van der Waals surface area contributed by atoms with Gasteiger partial charge in [0.15, 0.2) is 11.7 Å². The van der Waals surface area contributed by atoms with Gasteiger partial charge in [-0.2, -0.15) is 0 Å². The Kier molecular flexibility index (Phi) is 7.57. The molecule has 7 nitrogen and oxygen atoms in total. The Morgan fingerprint density at radius 1 is 0.926 bits per heavy atom. The van der Waals surface area contributed by atoms with Gasteiger partial charge in [0, 0.05) is 0 Å². The lowest BCUT2D eigenvalue weighted by Crippen LogP contribution is -2.49. The molecule has 2 rings (SSSR count). The van der Waals surface area contributed by atoms with Crippen LogP contribution in [-0.4, -0.2) is 30.6 Å². The molecule has 0 aromatic heterocycles. The largest absolute Gasteiger partial charge is 0.497 e. The fraction of sp³-hybridized carbons (Fsp3) is 0.211. The molecule has 0 aliphatic rings. The fourth-order valence-electron chi connectivity index (χ4n) is 2.08. The number of carbonyl (C=O) groups excluding carboxylic acids is 2. The number of ether oxygens (including phenoxy) is 2. The summed E-state index contributed by atoms with van der Waals surface area (Å²) in [6.07, 6.45) is 0.149. The minimum atomic E-state index is -0.428. The summed E-state index contributed by atoms with van der Waals surface area (Å²) < 4.78 is 10.4. The second-order valence-corrected chi connectivity index (χ2v) is 6.09. The third kappa shape index (κ3) is 7.33. The van der Waals surface area contributed by atoms with Crippen LogP contribution in [0.5, 0.6) is 11.5 Å². The van der Waals surface area contributed by atoms with Crippen LogP contribution >= 0.6 is 12.2 Å². The van der Waals surface area contributed by atoms with Crippen LogP contribution in [0.4, 0.5) is 0 Å². The molecule has 2 aromatic rings. The SMILES string of the molecule is COc1ccc(CC(=O)NC(=S)NNC(=O)COc2ccc(C)cc2)cc1. The highest BCUT2D eigenvalue weighted by atomic mass is 32.1. The topological polar surface area (TPSA) is 88.7 Å². The van der Waals surface area contributed by atoms with Gasteiger partial charge >= 0.3 is 0 Å². The molecule has 0 saturated heterocycles. The van der Waals surface area contributed by atoms with E-state index in [4.69, 9.17) is 21.7 Å². The van der Waals surface area contributed by atoms with Crippen molar-refractivity contribution in [1.29, 1.82) is 0 Å². The van der Waals surface area contributed by atoms with Crippen molar-refractivity contribution in [3.63, 3.8) is 0 Å². The van der Waals surface area contributed by atoms with E-state index < -0.39 is 5.91 Å². The zero-order valence-corrected chi connectivity index (χ0v) is 15.9. The number of aryl methyl sites for hydroxylation is 1.